The summed E-state index contributed by atoms with van der Waals surface area (Å²) in [5, 5.41) is 5.76. The zero-order valence-corrected chi connectivity index (χ0v) is 10.7. The first-order valence-corrected chi connectivity index (χ1v) is 5.71. The number of anilines is 1. The van der Waals surface area contributed by atoms with Gasteiger partial charge in [0.15, 0.2) is 0 Å². The van der Waals surface area contributed by atoms with Gasteiger partial charge in [0, 0.05) is 13.6 Å². The molecule has 0 spiro atoms. The summed E-state index contributed by atoms with van der Waals surface area (Å²) >= 11 is 0. The lowest BCUT2D eigenvalue weighted by Gasteiger charge is -2.09. The number of amides is 1. The van der Waals surface area contributed by atoms with Crippen molar-refractivity contribution in [1.82, 2.24) is 15.2 Å². The van der Waals surface area contributed by atoms with Crippen LogP contribution in [0.15, 0.2) is 18.2 Å². The highest BCUT2D eigenvalue weighted by Gasteiger charge is 2.06. The Morgan fingerprint density at radius 1 is 1.41 bits per heavy atom. The first-order chi connectivity index (χ1) is 8.13. The van der Waals surface area contributed by atoms with E-state index in [-0.39, 0.29) is 5.91 Å². The van der Waals surface area contributed by atoms with Crippen molar-refractivity contribution >= 4 is 11.7 Å². The van der Waals surface area contributed by atoms with E-state index in [1.54, 1.807) is 13.1 Å². The second-order valence-corrected chi connectivity index (χ2v) is 4.07. The van der Waals surface area contributed by atoms with Gasteiger partial charge >= 0.3 is 0 Å². The molecule has 94 valence electrons. The molecule has 17 heavy (non-hydrogen) atoms. The van der Waals surface area contributed by atoms with Crippen LogP contribution in [0.1, 0.15) is 16.9 Å². The number of rotatable bonds is 6. The molecule has 2 N–H and O–H groups in total. The van der Waals surface area contributed by atoms with Gasteiger partial charge in [-0.15, -0.1) is 0 Å². The van der Waals surface area contributed by atoms with Crippen LogP contribution in [0.5, 0.6) is 0 Å². The van der Waals surface area contributed by atoms with E-state index in [1.807, 2.05) is 26.2 Å². The predicted molar refractivity (Wildman–Crippen MR) is 69.3 cm³/mol. The lowest BCUT2D eigenvalue weighted by molar-refractivity contribution is 0.0947. The molecule has 0 fully saturated rings. The second-order valence-electron chi connectivity index (χ2n) is 4.07. The van der Waals surface area contributed by atoms with Gasteiger partial charge in [-0.05, 0) is 39.2 Å². The van der Waals surface area contributed by atoms with Gasteiger partial charge in [0.25, 0.3) is 5.91 Å². The zero-order valence-electron chi connectivity index (χ0n) is 10.7. The van der Waals surface area contributed by atoms with Gasteiger partial charge in [0.2, 0.25) is 0 Å². The third-order valence-electron chi connectivity index (χ3n) is 2.31. The predicted octanol–water partition coefficient (Wildman–Crippen LogP) is 0.805. The fourth-order valence-electron chi connectivity index (χ4n) is 1.39. The first-order valence-electron chi connectivity index (χ1n) is 5.71. The SMILES string of the molecule is CNc1cccc(C(=O)NCCCN(C)C)n1. The van der Waals surface area contributed by atoms with Crippen molar-refractivity contribution in [3.8, 4) is 0 Å². The zero-order chi connectivity index (χ0) is 12.7. The minimum absolute atomic E-state index is 0.124. The third-order valence-corrected chi connectivity index (χ3v) is 2.31. The van der Waals surface area contributed by atoms with Gasteiger partial charge in [-0.2, -0.15) is 0 Å². The highest BCUT2D eigenvalue weighted by atomic mass is 16.1. The molecule has 0 saturated heterocycles. The summed E-state index contributed by atoms with van der Waals surface area (Å²) in [7, 11) is 5.81. The monoisotopic (exact) mass is 236 g/mol. The van der Waals surface area contributed by atoms with E-state index >= 15 is 0 Å². The highest BCUT2D eigenvalue weighted by molar-refractivity contribution is 5.92. The Balaban J connectivity index is 2.41. The van der Waals surface area contributed by atoms with Crippen LogP contribution in [0.25, 0.3) is 0 Å². The van der Waals surface area contributed by atoms with E-state index in [0.29, 0.717) is 18.1 Å². The van der Waals surface area contributed by atoms with Crippen molar-refractivity contribution in [3.05, 3.63) is 23.9 Å². The average Bonchev–Trinajstić information content (AvgIpc) is 2.34. The summed E-state index contributed by atoms with van der Waals surface area (Å²) in [5.74, 6) is 0.576. The van der Waals surface area contributed by atoms with E-state index in [2.05, 4.69) is 20.5 Å². The van der Waals surface area contributed by atoms with Crippen LogP contribution < -0.4 is 10.6 Å². The molecule has 0 bridgehead atoms. The Morgan fingerprint density at radius 2 is 2.18 bits per heavy atom. The third kappa shape index (κ3) is 4.82. The van der Waals surface area contributed by atoms with Crippen LogP contribution in [-0.4, -0.2) is 50.0 Å². The summed E-state index contributed by atoms with van der Waals surface area (Å²) in [6.45, 7) is 1.63. The van der Waals surface area contributed by atoms with Gasteiger partial charge in [-0.1, -0.05) is 6.07 Å². The molecule has 0 radical (unpaired) electrons. The Bertz CT molecular complexity index is 365. The second kappa shape index (κ2) is 6.85. The van der Waals surface area contributed by atoms with Crippen LogP contribution in [0.4, 0.5) is 5.82 Å². The minimum Gasteiger partial charge on any atom is -0.373 e. The van der Waals surface area contributed by atoms with Crippen LogP contribution in [0, 0.1) is 0 Å². The van der Waals surface area contributed by atoms with Crippen molar-refractivity contribution in [2.75, 3.05) is 39.5 Å². The molecule has 0 aromatic carbocycles. The molecule has 1 aromatic heterocycles. The normalized spacial score (nSPS) is 10.4. The van der Waals surface area contributed by atoms with Crippen molar-refractivity contribution < 1.29 is 4.79 Å². The summed E-state index contributed by atoms with van der Waals surface area (Å²) in [4.78, 5) is 18.0. The van der Waals surface area contributed by atoms with E-state index < -0.39 is 0 Å². The number of nitrogens with one attached hydrogen (secondary N) is 2. The maximum absolute atomic E-state index is 11.7. The Kier molecular flexibility index (Phi) is 5.42. The summed E-state index contributed by atoms with van der Waals surface area (Å²) in [6.07, 6.45) is 0.935. The molecule has 0 saturated carbocycles. The molecule has 0 atom stereocenters. The quantitative estimate of drug-likeness (QED) is 0.718. The van der Waals surface area contributed by atoms with Crippen molar-refractivity contribution in [1.29, 1.82) is 0 Å². The van der Waals surface area contributed by atoms with Crippen LogP contribution in [0.3, 0.4) is 0 Å². The van der Waals surface area contributed by atoms with Gasteiger partial charge in [0.05, 0.1) is 0 Å². The topological polar surface area (TPSA) is 57.3 Å². The summed E-state index contributed by atoms with van der Waals surface area (Å²) in [5.41, 5.74) is 0.446. The minimum atomic E-state index is -0.124. The molecule has 1 aromatic rings. The molecule has 1 heterocycles. The fourth-order valence-corrected chi connectivity index (χ4v) is 1.39. The largest absolute Gasteiger partial charge is 0.373 e. The highest BCUT2D eigenvalue weighted by Crippen LogP contribution is 2.03. The number of hydrogen-bond acceptors (Lipinski definition) is 4. The molecular formula is C12H20N4O. The van der Waals surface area contributed by atoms with Crippen LogP contribution >= 0.6 is 0 Å². The molecule has 0 aliphatic carbocycles. The molecule has 5 nitrogen and oxygen atoms in total. The van der Waals surface area contributed by atoms with Crippen molar-refractivity contribution in [2.24, 2.45) is 0 Å². The Hall–Kier alpha value is -1.62. The number of nitrogens with zero attached hydrogens (tertiary/aromatic N) is 2. The molecule has 1 rings (SSSR count). The molecular weight excluding hydrogens is 216 g/mol. The van der Waals surface area contributed by atoms with Crippen molar-refractivity contribution in [2.45, 2.75) is 6.42 Å². The van der Waals surface area contributed by atoms with E-state index in [9.17, 15) is 4.79 Å². The Labute approximate surface area is 102 Å². The Morgan fingerprint density at radius 3 is 2.82 bits per heavy atom. The van der Waals surface area contributed by atoms with Gasteiger partial charge < -0.3 is 15.5 Å². The van der Waals surface area contributed by atoms with E-state index in [4.69, 9.17) is 0 Å². The number of hydrogen-bond donors (Lipinski definition) is 2. The van der Waals surface area contributed by atoms with Gasteiger partial charge in [-0.25, -0.2) is 4.98 Å². The molecule has 0 aliphatic heterocycles. The van der Waals surface area contributed by atoms with E-state index in [1.165, 1.54) is 0 Å². The number of aromatic nitrogens is 1. The number of pyridine rings is 1. The number of carbonyl (C=O) groups excluding carboxylic acids is 1. The van der Waals surface area contributed by atoms with E-state index in [0.717, 1.165) is 13.0 Å². The van der Waals surface area contributed by atoms with Crippen molar-refractivity contribution in [3.63, 3.8) is 0 Å². The fraction of sp³-hybridized carbons (Fsp3) is 0.500. The van der Waals surface area contributed by atoms with Crippen LogP contribution in [0.2, 0.25) is 0 Å². The van der Waals surface area contributed by atoms with Gasteiger partial charge in [0.1, 0.15) is 11.5 Å². The van der Waals surface area contributed by atoms with Gasteiger partial charge in [-0.3, -0.25) is 4.79 Å². The summed E-state index contributed by atoms with van der Waals surface area (Å²) < 4.78 is 0. The lowest BCUT2D eigenvalue weighted by atomic mass is 10.3. The molecule has 5 heteroatoms. The lowest BCUT2D eigenvalue weighted by Crippen LogP contribution is -2.27. The van der Waals surface area contributed by atoms with Crippen LogP contribution in [-0.2, 0) is 0 Å². The molecule has 1 amide bonds. The maximum atomic E-state index is 11.7. The maximum Gasteiger partial charge on any atom is 0.269 e. The molecule has 0 unspecified atom stereocenters. The standard InChI is InChI=1S/C12H20N4O/c1-13-11-7-4-6-10(15-11)12(17)14-8-5-9-16(2)3/h4,6-7H,5,8-9H2,1-3H3,(H,13,15)(H,14,17). The first kappa shape index (κ1) is 13.4. The number of carbonyl (C=O) groups is 1. The smallest absolute Gasteiger partial charge is 0.269 e. The summed E-state index contributed by atoms with van der Waals surface area (Å²) in [6, 6.07) is 5.35. The average molecular weight is 236 g/mol. The molecule has 0 aliphatic rings.